The maximum Gasteiger partial charge on any atom is 0.330 e. The Bertz CT molecular complexity index is 1280. The lowest BCUT2D eigenvalue weighted by molar-refractivity contribution is -0.0669. The first kappa shape index (κ1) is 25.2. The van der Waals surface area contributed by atoms with Gasteiger partial charge in [-0.15, -0.1) is 0 Å². The van der Waals surface area contributed by atoms with Gasteiger partial charge in [0.05, 0.1) is 25.4 Å². The molecule has 2 aromatic rings. The molecule has 14 heteroatoms. The predicted molar refractivity (Wildman–Crippen MR) is 120 cm³/mol. The number of nitrogens with one attached hydrogen (secondary N) is 3. The number of aromatic amines is 2. The minimum Gasteiger partial charge on any atom is -0.394 e. The van der Waals surface area contributed by atoms with Crippen LogP contribution in [0.2, 0.25) is 0 Å². The Hall–Kier alpha value is -2.88. The van der Waals surface area contributed by atoms with Crippen LogP contribution >= 0.6 is 0 Å². The summed E-state index contributed by atoms with van der Waals surface area (Å²) in [6.07, 6.45) is -1.01. The van der Waals surface area contributed by atoms with Crippen LogP contribution in [0.4, 0.5) is 0 Å². The normalized spacial score (nSPS) is 28.6. The molecule has 0 radical (unpaired) electrons. The summed E-state index contributed by atoms with van der Waals surface area (Å²) in [5.74, 6) is 0. The van der Waals surface area contributed by atoms with E-state index in [0.717, 1.165) is 0 Å². The fraction of sp³-hybridized carbons (Fsp3) is 0.619. The fourth-order valence-electron chi connectivity index (χ4n) is 4.23. The number of nitrogens with zero attached hydrogens (tertiary/aromatic N) is 2. The van der Waals surface area contributed by atoms with Crippen LogP contribution in [0.1, 0.15) is 36.4 Å². The molecule has 6 atom stereocenters. The van der Waals surface area contributed by atoms with Crippen molar-refractivity contribution in [3.63, 3.8) is 0 Å². The van der Waals surface area contributed by atoms with Crippen molar-refractivity contribution in [1.82, 2.24) is 24.4 Å². The van der Waals surface area contributed by atoms with Crippen molar-refractivity contribution in [3.05, 3.63) is 65.2 Å². The number of hydrogen-bond acceptors (Lipinski definition) is 10. The molecule has 0 bridgehead atoms. The van der Waals surface area contributed by atoms with Gasteiger partial charge in [0.2, 0.25) is 0 Å². The third-order valence-corrected chi connectivity index (χ3v) is 6.15. The van der Waals surface area contributed by atoms with Gasteiger partial charge in [-0.1, -0.05) is 0 Å². The van der Waals surface area contributed by atoms with Crippen LogP contribution in [0.25, 0.3) is 0 Å². The molecule has 2 fully saturated rings. The van der Waals surface area contributed by atoms with Crippen LogP contribution in [0, 0.1) is 13.8 Å². The van der Waals surface area contributed by atoms with Crippen molar-refractivity contribution in [2.45, 2.75) is 63.7 Å². The largest absolute Gasteiger partial charge is 0.394 e. The number of hydrogen-bond donors (Lipinski definition) is 5. The first-order chi connectivity index (χ1) is 16.7. The molecule has 2 saturated heterocycles. The number of rotatable bonds is 8. The first-order valence-corrected chi connectivity index (χ1v) is 11.3. The number of aliphatic hydroxyl groups is 2. The molecule has 0 aliphatic carbocycles. The summed E-state index contributed by atoms with van der Waals surface area (Å²) in [6.45, 7) is 3.30. The van der Waals surface area contributed by atoms with E-state index in [0.29, 0.717) is 11.1 Å². The van der Waals surface area contributed by atoms with Gasteiger partial charge < -0.3 is 24.4 Å². The Kier molecular flexibility index (Phi) is 7.49. The van der Waals surface area contributed by atoms with Gasteiger partial charge in [-0.05, 0) is 13.8 Å². The number of aryl methyl sites for hydroxylation is 2. The Labute approximate surface area is 198 Å². The monoisotopic (exact) mass is 495 g/mol. The van der Waals surface area contributed by atoms with Crippen molar-refractivity contribution in [1.29, 1.82) is 0 Å². The lowest BCUT2D eigenvalue weighted by Gasteiger charge is -2.20. The van der Waals surface area contributed by atoms with Crippen molar-refractivity contribution in [2.24, 2.45) is 0 Å². The van der Waals surface area contributed by atoms with Gasteiger partial charge in [0.1, 0.15) is 24.8 Å². The quantitative estimate of drug-likeness (QED) is 0.246. The van der Waals surface area contributed by atoms with Gasteiger partial charge in [0, 0.05) is 42.9 Å². The third-order valence-electron chi connectivity index (χ3n) is 6.15. The van der Waals surface area contributed by atoms with Crippen LogP contribution in [-0.2, 0) is 14.2 Å². The van der Waals surface area contributed by atoms with Crippen LogP contribution in [-0.4, -0.2) is 73.6 Å². The number of ether oxygens (including phenoxy) is 3. The molecule has 0 aromatic carbocycles. The molecule has 35 heavy (non-hydrogen) atoms. The molecule has 0 spiro atoms. The summed E-state index contributed by atoms with van der Waals surface area (Å²) >= 11 is 0. The Morgan fingerprint density at radius 1 is 1.00 bits per heavy atom. The second kappa shape index (κ2) is 10.4. The highest BCUT2D eigenvalue weighted by Gasteiger charge is 2.38. The zero-order chi connectivity index (χ0) is 25.3. The van der Waals surface area contributed by atoms with E-state index in [9.17, 15) is 29.4 Å². The number of H-pyrrole nitrogens is 2. The summed E-state index contributed by atoms with van der Waals surface area (Å²) in [5.41, 5.74) is -1.47. The van der Waals surface area contributed by atoms with Crippen molar-refractivity contribution in [2.75, 3.05) is 19.8 Å². The molecule has 0 amide bonds. The molecule has 14 nitrogen and oxygen atoms in total. The molecule has 4 unspecified atom stereocenters. The zero-order valence-electron chi connectivity index (χ0n) is 19.3. The minimum atomic E-state index is -0.890. The Balaban J connectivity index is 1.30. The van der Waals surface area contributed by atoms with Crippen molar-refractivity contribution in [3.8, 4) is 0 Å². The average Bonchev–Trinajstić information content (AvgIpc) is 3.39. The molecule has 4 rings (SSSR count). The van der Waals surface area contributed by atoms with E-state index < -0.39 is 59.5 Å². The summed E-state index contributed by atoms with van der Waals surface area (Å²) in [4.78, 5) is 51.8. The highest BCUT2D eigenvalue weighted by molar-refractivity contribution is 5.03. The number of aromatic nitrogens is 4. The van der Waals surface area contributed by atoms with E-state index in [1.54, 1.807) is 13.8 Å². The topological polar surface area (TPSA) is 190 Å². The maximum absolute atomic E-state index is 12.1. The van der Waals surface area contributed by atoms with Crippen molar-refractivity contribution >= 4 is 0 Å². The highest BCUT2D eigenvalue weighted by atomic mass is 16.6. The third kappa shape index (κ3) is 5.37. The van der Waals surface area contributed by atoms with Gasteiger partial charge in [0.15, 0.2) is 0 Å². The molecule has 192 valence electrons. The molecule has 2 aliphatic rings. The molecule has 5 N–H and O–H groups in total. The van der Waals surface area contributed by atoms with Crippen molar-refractivity contribution < 1.29 is 24.4 Å². The zero-order valence-corrected chi connectivity index (χ0v) is 19.3. The minimum absolute atomic E-state index is 0.155. The summed E-state index contributed by atoms with van der Waals surface area (Å²) in [5, 5.41) is 23.0. The molecule has 0 saturated carbocycles. The molecule has 2 aromatic heterocycles. The van der Waals surface area contributed by atoms with Gasteiger partial charge in [-0.3, -0.25) is 34.0 Å². The van der Waals surface area contributed by atoms with Gasteiger partial charge >= 0.3 is 11.4 Å². The molecular formula is C21H29N5O9. The highest BCUT2D eigenvalue weighted by Crippen LogP contribution is 2.30. The molecule has 4 heterocycles. The average molecular weight is 495 g/mol. The van der Waals surface area contributed by atoms with E-state index in [4.69, 9.17) is 14.2 Å². The second-order valence-corrected chi connectivity index (χ2v) is 8.68. The van der Waals surface area contributed by atoms with Gasteiger partial charge in [0.25, 0.3) is 11.1 Å². The smallest absolute Gasteiger partial charge is 0.330 e. The Morgan fingerprint density at radius 2 is 1.57 bits per heavy atom. The predicted octanol–water partition coefficient (Wildman–Crippen LogP) is -2.44. The maximum atomic E-state index is 12.1. The SMILES string of the molecule is Cc1cn(C2CC(O)C(NCCOC3C[C@H](n4cc(C)c(=O)[nH]c4=O)O[C@@H]3CO)O2)c(=O)[nH]c1=O. The van der Waals surface area contributed by atoms with E-state index in [-0.39, 0.29) is 32.6 Å². The lowest BCUT2D eigenvalue weighted by Crippen LogP contribution is -2.40. The second-order valence-electron chi connectivity index (χ2n) is 8.68. The van der Waals surface area contributed by atoms with Crippen LogP contribution in [0.5, 0.6) is 0 Å². The van der Waals surface area contributed by atoms with Crippen LogP contribution in [0.3, 0.4) is 0 Å². The van der Waals surface area contributed by atoms with Crippen LogP contribution < -0.4 is 27.8 Å². The number of aliphatic hydroxyl groups excluding tert-OH is 2. The summed E-state index contributed by atoms with van der Waals surface area (Å²) in [6, 6.07) is 0. The fourth-order valence-corrected chi connectivity index (χ4v) is 4.23. The lowest BCUT2D eigenvalue weighted by atomic mass is 10.2. The van der Waals surface area contributed by atoms with E-state index >= 15 is 0 Å². The van der Waals surface area contributed by atoms with Gasteiger partial charge in [-0.2, -0.15) is 0 Å². The standard InChI is InChI=1S/C21H29N5O9/c1-10-7-25(20(31)23-17(10)29)15-5-12(28)19(35-15)22-3-4-33-13-6-16(34-14(13)9-27)26-8-11(2)18(30)24-21(26)32/h7-8,12-16,19,22,27-28H,3-6,9H2,1-2H3,(H,23,29,31)(H,24,30,32)/t12?,13?,14-,15?,16-,19?/m1/s1. The summed E-state index contributed by atoms with van der Waals surface area (Å²) < 4.78 is 19.8. The molecule has 2 aliphatic heterocycles. The van der Waals surface area contributed by atoms with Crippen LogP contribution in [0.15, 0.2) is 31.6 Å². The van der Waals surface area contributed by atoms with Gasteiger partial charge in [-0.25, -0.2) is 9.59 Å². The Morgan fingerprint density at radius 3 is 2.14 bits per heavy atom. The van der Waals surface area contributed by atoms with E-state index in [1.807, 2.05) is 0 Å². The first-order valence-electron chi connectivity index (χ1n) is 11.3. The van der Waals surface area contributed by atoms with E-state index in [2.05, 4.69) is 15.3 Å². The molecular weight excluding hydrogens is 466 g/mol. The van der Waals surface area contributed by atoms with E-state index in [1.165, 1.54) is 21.5 Å². The summed E-state index contributed by atoms with van der Waals surface area (Å²) in [7, 11) is 0.